The predicted molar refractivity (Wildman–Crippen MR) is 79.2 cm³/mol. The molecule has 0 bridgehead atoms. The molecule has 0 saturated heterocycles. The molecule has 0 heterocycles. The molecule has 2 aromatic rings. The highest BCUT2D eigenvalue weighted by atomic mass is 16.3. The van der Waals surface area contributed by atoms with Crippen LogP contribution in [0.5, 0.6) is 11.5 Å². The van der Waals surface area contributed by atoms with E-state index in [1.54, 1.807) is 13.0 Å². The van der Waals surface area contributed by atoms with Gasteiger partial charge in [0.05, 0.1) is 5.69 Å². The molecule has 0 spiro atoms. The normalized spacial score (nSPS) is 11.4. The van der Waals surface area contributed by atoms with Crippen LogP contribution < -0.4 is 0 Å². The molecule has 0 unspecified atom stereocenters. The summed E-state index contributed by atoms with van der Waals surface area (Å²) in [6.07, 6.45) is 0. The standard InChI is InChI=1S/C16H18N2O2/c1-10(2)13-9-14(16(20)15(19)11(13)3)18-17-12-7-5-4-6-8-12/h4-10,19-20H,1-3H3. The fourth-order valence-electron chi connectivity index (χ4n) is 2.04. The first-order valence-corrected chi connectivity index (χ1v) is 6.53. The summed E-state index contributed by atoms with van der Waals surface area (Å²) in [5.74, 6) is -0.128. The monoisotopic (exact) mass is 270 g/mol. The van der Waals surface area contributed by atoms with Crippen molar-refractivity contribution >= 4 is 11.4 Å². The third-order valence-corrected chi connectivity index (χ3v) is 3.20. The lowest BCUT2D eigenvalue weighted by atomic mass is 9.96. The number of nitrogens with zero attached hydrogens (tertiary/aromatic N) is 2. The molecular formula is C16H18N2O2. The van der Waals surface area contributed by atoms with Crippen molar-refractivity contribution in [3.63, 3.8) is 0 Å². The van der Waals surface area contributed by atoms with Gasteiger partial charge in [-0.3, -0.25) is 0 Å². The Balaban J connectivity index is 2.44. The van der Waals surface area contributed by atoms with Crippen LogP contribution in [0.2, 0.25) is 0 Å². The van der Waals surface area contributed by atoms with Gasteiger partial charge in [-0.05, 0) is 42.2 Å². The van der Waals surface area contributed by atoms with Crippen LogP contribution in [0, 0.1) is 6.92 Å². The van der Waals surface area contributed by atoms with E-state index < -0.39 is 0 Å². The maximum Gasteiger partial charge on any atom is 0.185 e. The highest BCUT2D eigenvalue weighted by Gasteiger charge is 2.15. The summed E-state index contributed by atoms with van der Waals surface area (Å²) in [5, 5.41) is 28.0. The average Bonchev–Trinajstić information content (AvgIpc) is 2.45. The molecule has 0 aliphatic rings. The van der Waals surface area contributed by atoms with Gasteiger partial charge >= 0.3 is 0 Å². The quantitative estimate of drug-likeness (QED) is 0.612. The maximum absolute atomic E-state index is 9.96. The van der Waals surface area contributed by atoms with Crippen LogP contribution in [0.3, 0.4) is 0 Å². The van der Waals surface area contributed by atoms with E-state index in [0.717, 1.165) is 5.56 Å². The van der Waals surface area contributed by atoms with Gasteiger partial charge in [-0.15, -0.1) is 5.11 Å². The molecular weight excluding hydrogens is 252 g/mol. The van der Waals surface area contributed by atoms with E-state index in [1.165, 1.54) is 0 Å². The Kier molecular flexibility index (Phi) is 4.03. The number of aromatic hydroxyl groups is 2. The average molecular weight is 270 g/mol. The molecule has 2 N–H and O–H groups in total. The van der Waals surface area contributed by atoms with Crippen molar-refractivity contribution < 1.29 is 10.2 Å². The summed E-state index contributed by atoms with van der Waals surface area (Å²) in [5.41, 5.74) is 2.59. The summed E-state index contributed by atoms with van der Waals surface area (Å²) in [6, 6.07) is 11.0. The van der Waals surface area contributed by atoms with Crippen molar-refractivity contribution in [3.05, 3.63) is 47.5 Å². The number of benzene rings is 2. The topological polar surface area (TPSA) is 65.2 Å². The van der Waals surface area contributed by atoms with Crippen LogP contribution in [-0.2, 0) is 0 Å². The fraction of sp³-hybridized carbons (Fsp3) is 0.250. The Bertz CT molecular complexity index is 635. The Morgan fingerprint density at radius 3 is 2.20 bits per heavy atom. The van der Waals surface area contributed by atoms with Crippen molar-refractivity contribution in [2.45, 2.75) is 26.7 Å². The molecule has 0 fully saturated rings. The van der Waals surface area contributed by atoms with Crippen molar-refractivity contribution in [3.8, 4) is 11.5 Å². The molecule has 4 nitrogen and oxygen atoms in total. The SMILES string of the molecule is Cc1c(C(C)C)cc(N=Nc2ccccc2)c(O)c1O. The number of phenolic OH excluding ortho intramolecular Hbond substituents is 2. The number of phenols is 2. The summed E-state index contributed by atoms with van der Waals surface area (Å²) in [7, 11) is 0. The van der Waals surface area contributed by atoms with E-state index in [2.05, 4.69) is 10.2 Å². The van der Waals surface area contributed by atoms with E-state index in [0.29, 0.717) is 11.3 Å². The van der Waals surface area contributed by atoms with Crippen LogP contribution in [0.4, 0.5) is 11.4 Å². The van der Waals surface area contributed by atoms with Gasteiger partial charge in [0.1, 0.15) is 5.69 Å². The van der Waals surface area contributed by atoms with E-state index in [4.69, 9.17) is 0 Å². The number of azo groups is 1. The van der Waals surface area contributed by atoms with E-state index in [9.17, 15) is 10.2 Å². The summed E-state index contributed by atoms with van der Waals surface area (Å²) >= 11 is 0. The van der Waals surface area contributed by atoms with Gasteiger partial charge in [-0.1, -0.05) is 32.0 Å². The van der Waals surface area contributed by atoms with E-state index in [-0.39, 0.29) is 23.1 Å². The molecule has 0 saturated carbocycles. The van der Waals surface area contributed by atoms with Gasteiger partial charge in [-0.2, -0.15) is 5.11 Å². The van der Waals surface area contributed by atoms with Crippen LogP contribution in [-0.4, -0.2) is 10.2 Å². The van der Waals surface area contributed by atoms with E-state index >= 15 is 0 Å². The zero-order chi connectivity index (χ0) is 14.7. The molecule has 2 aromatic carbocycles. The minimum Gasteiger partial charge on any atom is -0.504 e. The second kappa shape index (κ2) is 5.74. The molecule has 0 amide bonds. The smallest absolute Gasteiger partial charge is 0.185 e. The van der Waals surface area contributed by atoms with Crippen LogP contribution in [0.1, 0.15) is 30.9 Å². The lowest BCUT2D eigenvalue weighted by Gasteiger charge is -2.13. The predicted octanol–water partition coefficient (Wildman–Crippen LogP) is 4.95. The van der Waals surface area contributed by atoms with Crippen molar-refractivity contribution in [2.24, 2.45) is 10.2 Å². The van der Waals surface area contributed by atoms with Crippen molar-refractivity contribution in [1.82, 2.24) is 0 Å². The van der Waals surface area contributed by atoms with E-state index in [1.807, 2.05) is 44.2 Å². The highest BCUT2D eigenvalue weighted by Crippen LogP contribution is 2.42. The van der Waals surface area contributed by atoms with Crippen LogP contribution in [0.25, 0.3) is 0 Å². The molecule has 0 aliphatic carbocycles. The zero-order valence-corrected chi connectivity index (χ0v) is 11.8. The van der Waals surface area contributed by atoms with Gasteiger partial charge in [0, 0.05) is 0 Å². The van der Waals surface area contributed by atoms with Gasteiger partial charge in [0.25, 0.3) is 0 Å². The Labute approximate surface area is 118 Å². The lowest BCUT2D eigenvalue weighted by molar-refractivity contribution is 0.401. The van der Waals surface area contributed by atoms with Crippen LogP contribution in [0.15, 0.2) is 46.6 Å². The third kappa shape index (κ3) is 2.79. The Morgan fingerprint density at radius 1 is 0.950 bits per heavy atom. The molecule has 2 rings (SSSR count). The summed E-state index contributed by atoms with van der Waals surface area (Å²) in [6.45, 7) is 5.83. The van der Waals surface area contributed by atoms with Gasteiger partial charge in [0.15, 0.2) is 11.5 Å². The summed E-state index contributed by atoms with van der Waals surface area (Å²) in [4.78, 5) is 0. The Hall–Kier alpha value is -2.36. The number of hydrogen-bond acceptors (Lipinski definition) is 4. The second-order valence-corrected chi connectivity index (χ2v) is 5.00. The van der Waals surface area contributed by atoms with Gasteiger partial charge < -0.3 is 10.2 Å². The molecule has 4 heteroatoms. The maximum atomic E-state index is 9.96. The lowest BCUT2D eigenvalue weighted by Crippen LogP contribution is -1.92. The van der Waals surface area contributed by atoms with Crippen molar-refractivity contribution in [2.75, 3.05) is 0 Å². The molecule has 0 radical (unpaired) electrons. The van der Waals surface area contributed by atoms with Crippen LogP contribution >= 0.6 is 0 Å². The first-order valence-electron chi connectivity index (χ1n) is 6.53. The van der Waals surface area contributed by atoms with Crippen molar-refractivity contribution in [1.29, 1.82) is 0 Å². The minimum absolute atomic E-state index is 0.127. The first-order chi connectivity index (χ1) is 9.50. The molecule has 0 atom stereocenters. The molecule has 0 aliphatic heterocycles. The third-order valence-electron chi connectivity index (χ3n) is 3.20. The van der Waals surface area contributed by atoms with Gasteiger partial charge in [-0.25, -0.2) is 0 Å². The largest absolute Gasteiger partial charge is 0.504 e. The summed E-state index contributed by atoms with van der Waals surface area (Å²) < 4.78 is 0. The Morgan fingerprint density at radius 2 is 1.60 bits per heavy atom. The second-order valence-electron chi connectivity index (χ2n) is 5.00. The highest BCUT2D eigenvalue weighted by molar-refractivity contribution is 5.64. The minimum atomic E-state index is -0.230. The molecule has 104 valence electrons. The van der Waals surface area contributed by atoms with Gasteiger partial charge in [0.2, 0.25) is 0 Å². The first kappa shape index (κ1) is 14.1. The zero-order valence-electron chi connectivity index (χ0n) is 11.8. The number of hydrogen-bond donors (Lipinski definition) is 2. The number of rotatable bonds is 3. The molecule has 0 aromatic heterocycles. The fourth-order valence-corrected chi connectivity index (χ4v) is 2.04. The molecule has 20 heavy (non-hydrogen) atoms.